The first-order valence-electron chi connectivity index (χ1n) is 6.22. The van der Waals surface area contributed by atoms with Crippen LogP contribution in [0.25, 0.3) is 11.0 Å². The van der Waals surface area contributed by atoms with E-state index in [1.165, 1.54) is 0 Å². The number of hydrogen-bond donors (Lipinski definition) is 3. The molecule has 102 valence electrons. The van der Waals surface area contributed by atoms with Crippen molar-refractivity contribution < 1.29 is 0 Å². The van der Waals surface area contributed by atoms with E-state index in [0.29, 0.717) is 0 Å². The molecule has 1 atom stereocenters. The molecule has 0 radical (unpaired) electrons. The average Bonchev–Trinajstić information content (AvgIpc) is 2.79. The summed E-state index contributed by atoms with van der Waals surface area (Å²) in [5.41, 5.74) is 3.21. The largest absolute Gasteiger partial charge is 0.376 e. The Morgan fingerprint density at radius 1 is 1.25 bits per heavy atom. The second kappa shape index (κ2) is 5.13. The maximum atomic E-state index is 11.3. The van der Waals surface area contributed by atoms with Crippen LogP contribution in [0.1, 0.15) is 18.7 Å². The maximum Gasteiger partial charge on any atom is 0.323 e. The third-order valence-corrected chi connectivity index (χ3v) is 3.76. The van der Waals surface area contributed by atoms with Crippen LogP contribution in [0.4, 0.5) is 5.69 Å². The molecule has 3 aromatic rings. The van der Waals surface area contributed by atoms with E-state index in [0.717, 1.165) is 26.9 Å². The van der Waals surface area contributed by atoms with Gasteiger partial charge in [0.15, 0.2) is 0 Å². The Labute approximate surface area is 123 Å². The number of aromatic nitrogens is 3. The molecule has 0 aliphatic carbocycles. The van der Waals surface area contributed by atoms with Gasteiger partial charge in [0.1, 0.15) is 0 Å². The monoisotopic (exact) mass is 332 g/mol. The van der Waals surface area contributed by atoms with Gasteiger partial charge in [-0.15, -0.1) is 0 Å². The molecule has 0 saturated heterocycles. The number of fused-ring (bicyclic) bond motifs is 1. The van der Waals surface area contributed by atoms with Crippen LogP contribution in [0.5, 0.6) is 0 Å². The zero-order chi connectivity index (χ0) is 14.1. The summed E-state index contributed by atoms with van der Waals surface area (Å²) in [5, 5.41) is 3.38. The Bertz CT molecular complexity index is 794. The lowest BCUT2D eigenvalue weighted by molar-refractivity contribution is 0.839. The molecular weight excluding hydrogens is 320 g/mol. The van der Waals surface area contributed by atoms with E-state index in [1.54, 1.807) is 6.20 Å². The topological polar surface area (TPSA) is 73.6 Å². The third-order valence-electron chi connectivity index (χ3n) is 3.11. The van der Waals surface area contributed by atoms with Gasteiger partial charge < -0.3 is 15.3 Å². The summed E-state index contributed by atoms with van der Waals surface area (Å²) >= 11 is 3.51. The van der Waals surface area contributed by atoms with Gasteiger partial charge in [0.05, 0.1) is 28.5 Å². The van der Waals surface area contributed by atoms with E-state index in [1.807, 2.05) is 37.3 Å². The fourth-order valence-corrected chi connectivity index (χ4v) is 2.56. The Morgan fingerprint density at radius 3 is 2.70 bits per heavy atom. The Kier molecular flexibility index (Phi) is 3.31. The minimum Gasteiger partial charge on any atom is -0.376 e. The van der Waals surface area contributed by atoms with Gasteiger partial charge in [0.2, 0.25) is 0 Å². The first-order chi connectivity index (χ1) is 9.63. The van der Waals surface area contributed by atoms with E-state index in [2.05, 4.69) is 36.2 Å². The summed E-state index contributed by atoms with van der Waals surface area (Å²) in [7, 11) is 0. The molecule has 1 aromatic carbocycles. The summed E-state index contributed by atoms with van der Waals surface area (Å²) in [6.45, 7) is 2.04. The lowest BCUT2D eigenvalue weighted by atomic mass is 10.2. The van der Waals surface area contributed by atoms with Crippen molar-refractivity contribution in [1.82, 2.24) is 15.0 Å². The zero-order valence-corrected chi connectivity index (χ0v) is 12.4. The highest BCUT2D eigenvalue weighted by atomic mass is 79.9. The van der Waals surface area contributed by atoms with Crippen LogP contribution < -0.4 is 11.0 Å². The number of benzene rings is 1. The first kappa shape index (κ1) is 12.9. The van der Waals surface area contributed by atoms with Crippen LogP contribution >= 0.6 is 15.9 Å². The summed E-state index contributed by atoms with van der Waals surface area (Å²) in [6, 6.07) is 9.67. The summed E-state index contributed by atoms with van der Waals surface area (Å²) in [6.07, 6.45) is 1.77. The molecule has 20 heavy (non-hydrogen) atoms. The van der Waals surface area contributed by atoms with Crippen molar-refractivity contribution in [3.63, 3.8) is 0 Å². The van der Waals surface area contributed by atoms with Crippen molar-refractivity contribution in [2.75, 3.05) is 5.32 Å². The number of halogens is 1. The maximum absolute atomic E-state index is 11.3. The van der Waals surface area contributed by atoms with Gasteiger partial charge in [0.25, 0.3) is 0 Å². The van der Waals surface area contributed by atoms with Gasteiger partial charge in [-0.05, 0) is 47.1 Å². The third kappa shape index (κ3) is 2.46. The van der Waals surface area contributed by atoms with Crippen molar-refractivity contribution in [1.29, 1.82) is 0 Å². The molecule has 3 N–H and O–H groups in total. The normalized spacial score (nSPS) is 12.5. The molecule has 6 heteroatoms. The first-order valence-corrected chi connectivity index (χ1v) is 7.02. The smallest absolute Gasteiger partial charge is 0.323 e. The molecule has 2 aromatic heterocycles. The number of aromatic amines is 2. The van der Waals surface area contributed by atoms with Crippen molar-refractivity contribution in [3.05, 3.63) is 57.2 Å². The summed E-state index contributed by atoms with van der Waals surface area (Å²) < 4.78 is 0.892. The van der Waals surface area contributed by atoms with Crippen molar-refractivity contribution in [2.45, 2.75) is 13.0 Å². The molecule has 0 amide bonds. The minimum absolute atomic E-state index is 0.0654. The molecule has 2 heterocycles. The van der Waals surface area contributed by atoms with Gasteiger partial charge >= 0.3 is 5.69 Å². The Hall–Kier alpha value is -2.08. The quantitative estimate of drug-likeness (QED) is 0.689. The van der Waals surface area contributed by atoms with Crippen molar-refractivity contribution in [3.8, 4) is 0 Å². The lowest BCUT2D eigenvalue weighted by Crippen LogP contribution is -2.08. The van der Waals surface area contributed by atoms with Crippen LogP contribution in [0.3, 0.4) is 0 Å². The number of nitrogens with zero attached hydrogens (tertiary/aromatic N) is 1. The average molecular weight is 333 g/mol. The number of anilines is 1. The number of imidazole rings is 1. The molecule has 0 aliphatic rings. The number of hydrogen-bond acceptors (Lipinski definition) is 3. The second-order valence-corrected chi connectivity index (χ2v) is 5.43. The fraction of sp³-hybridized carbons (Fsp3) is 0.143. The standard InChI is InChI=1S/C14H13BrN4O/c1-8(10-4-2-3-5-16-10)17-11-7-13-12(6-9(11)15)18-14(20)19-13/h2-8,17H,1H3,(H2,18,19,20). The van der Waals surface area contributed by atoms with E-state index in [-0.39, 0.29) is 11.7 Å². The zero-order valence-electron chi connectivity index (χ0n) is 10.8. The SMILES string of the molecule is CC(Nc1cc2[nH]c(=O)[nH]c2cc1Br)c1ccccn1. The van der Waals surface area contributed by atoms with E-state index in [9.17, 15) is 4.79 Å². The van der Waals surface area contributed by atoms with Gasteiger partial charge in [-0.25, -0.2) is 4.79 Å². The van der Waals surface area contributed by atoms with Crippen LogP contribution in [-0.2, 0) is 0 Å². The van der Waals surface area contributed by atoms with Crippen LogP contribution in [-0.4, -0.2) is 15.0 Å². The summed E-state index contributed by atoms with van der Waals surface area (Å²) in [4.78, 5) is 21.1. The lowest BCUT2D eigenvalue weighted by Gasteiger charge is -2.16. The van der Waals surface area contributed by atoms with Crippen molar-refractivity contribution in [2.24, 2.45) is 0 Å². The number of nitrogens with one attached hydrogen (secondary N) is 3. The predicted octanol–water partition coefficient (Wildman–Crippen LogP) is 3.19. The van der Waals surface area contributed by atoms with Crippen LogP contribution in [0.15, 0.2) is 45.8 Å². The van der Waals surface area contributed by atoms with E-state index in [4.69, 9.17) is 0 Å². The molecular formula is C14H13BrN4O. The van der Waals surface area contributed by atoms with E-state index >= 15 is 0 Å². The second-order valence-electron chi connectivity index (χ2n) is 4.58. The predicted molar refractivity (Wildman–Crippen MR) is 82.9 cm³/mol. The molecule has 0 aliphatic heterocycles. The highest BCUT2D eigenvalue weighted by Crippen LogP contribution is 2.29. The van der Waals surface area contributed by atoms with Gasteiger partial charge in [-0.3, -0.25) is 4.98 Å². The Balaban J connectivity index is 1.94. The number of pyridine rings is 1. The number of H-pyrrole nitrogens is 2. The van der Waals surface area contributed by atoms with Gasteiger partial charge in [-0.2, -0.15) is 0 Å². The van der Waals surface area contributed by atoms with Crippen LogP contribution in [0.2, 0.25) is 0 Å². The van der Waals surface area contributed by atoms with Crippen molar-refractivity contribution >= 4 is 32.7 Å². The molecule has 0 spiro atoms. The van der Waals surface area contributed by atoms with Crippen LogP contribution in [0, 0.1) is 0 Å². The molecule has 0 saturated carbocycles. The highest BCUT2D eigenvalue weighted by molar-refractivity contribution is 9.10. The van der Waals surface area contributed by atoms with E-state index < -0.39 is 0 Å². The Morgan fingerprint density at radius 2 is 2.00 bits per heavy atom. The molecule has 0 bridgehead atoms. The highest BCUT2D eigenvalue weighted by Gasteiger charge is 2.10. The molecule has 0 fully saturated rings. The molecule has 3 rings (SSSR count). The molecule has 1 unspecified atom stereocenters. The van der Waals surface area contributed by atoms with Gasteiger partial charge in [0, 0.05) is 10.7 Å². The fourth-order valence-electron chi connectivity index (χ4n) is 2.11. The minimum atomic E-state index is -0.207. The number of rotatable bonds is 3. The summed E-state index contributed by atoms with van der Waals surface area (Å²) in [5.74, 6) is 0. The molecule has 5 nitrogen and oxygen atoms in total. The van der Waals surface area contributed by atoms with Gasteiger partial charge in [-0.1, -0.05) is 6.07 Å².